The lowest BCUT2D eigenvalue weighted by molar-refractivity contribution is 0.871. The second kappa shape index (κ2) is 2.88. The molecule has 0 aliphatic carbocycles. The van der Waals surface area contributed by atoms with Crippen LogP contribution in [0.25, 0.3) is 15.3 Å². The van der Waals surface area contributed by atoms with Crippen LogP contribution in [-0.4, -0.2) is 19.7 Å². The molecular formula is C9H6N4S. The fourth-order valence-electron chi connectivity index (χ4n) is 1.27. The van der Waals surface area contributed by atoms with Gasteiger partial charge in [-0.1, -0.05) is 23.5 Å². The first kappa shape index (κ1) is 7.64. The molecule has 0 unspecified atom stereocenters. The lowest BCUT2D eigenvalue weighted by atomic mass is 10.3. The average molecular weight is 202 g/mol. The third kappa shape index (κ3) is 1.10. The Morgan fingerprint density at radius 2 is 2.14 bits per heavy atom. The lowest BCUT2D eigenvalue weighted by Gasteiger charge is -1.88. The number of rotatable bonds is 1. The summed E-state index contributed by atoms with van der Waals surface area (Å²) in [7, 11) is 0. The van der Waals surface area contributed by atoms with E-state index in [-0.39, 0.29) is 0 Å². The molecule has 5 heteroatoms. The summed E-state index contributed by atoms with van der Waals surface area (Å²) in [5, 5.41) is 4.89. The van der Waals surface area contributed by atoms with Crippen LogP contribution in [-0.2, 0) is 0 Å². The molecule has 68 valence electrons. The van der Waals surface area contributed by atoms with Gasteiger partial charge >= 0.3 is 0 Å². The third-order valence-corrected chi connectivity index (χ3v) is 2.92. The lowest BCUT2D eigenvalue weighted by Crippen LogP contribution is -1.91. The standard InChI is InChI=1S/C9H6N4S/c1-2-4-8-7(3-1)12-9(14-8)13-6-10-5-11-13/h1-6H. The Bertz CT molecular complexity index is 522. The summed E-state index contributed by atoms with van der Waals surface area (Å²) in [6, 6.07) is 8.03. The first-order valence-electron chi connectivity index (χ1n) is 4.14. The van der Waals surface area contributed by atoms with Crippen LogP contribution in [0, 0.1) is 0 Å². The van der Waals surface area contributed by atoms with E-state index in [0.717, 1.165) is 15.3 Å². The summed E-state index contributed by atoms with van der Waals surface area (Å²) in [6.45, 7) is 0. The van der Waals surface area contributed by atoms with Gasteiger partial charge < -0.3 is 0 Å². The van der Waals surface area contributed by atoms with E-state index in [1.54, 1.807) is 22.3 Å². The van der Waals surface area contributed by atoms with E-state index < -0.39 is 0 Å². The molecule has 4 nitrogen and oxygen atoms in total. The molecule has 3 aromatic rings. The molecule has 0 aliphatic heterocycles. The fraction of sp³-hybridized carbons (Fsp3) is 0. The van der Waals surface area contributed by atoms with E-state index in [4.69, 9.17) is 0 Å². The fourth-order valence-corrected chi connectivity index (χ4v) is 2.16. The molecule has 0 saturated carbocycles. The number of hydrogen-bond acceptors (Lipinski definition) is 4. The van der Waals surface area contributed by atoms with Crippen LogP contribution in [0.1, 0.15) is 0 Å². The number of thiazole rings is 1. The number of nitrogens with zero attached hydrogens (tertiary/aromatic N) is 4. The van der Waals surface area contributed by atoms with E-state index >= 15 is 0 Å². The van der Waals surface area contributed by atoms with Gasteiger partial charge in [0.25, 0.3) is 0 Å². The summed E-state index contributed by atoms with van der Waals surface area (Å²) in [5.74, 6) is 0. The van der Waals surface area contributed by atoms with Gasteiger partial charge in [0.05, 0.1) is 10.2 Å². The maximum Gasteiger partial charge on any atom is 0.212 e. The Morgan fingerprint density at radius 3 is 2.93 bits per heavy atom. The summed E-state index contributed by atoms with van der Waals surface area (Å²) >= 11 is 1.60. The van der Waals surface area contributed by atoms with Crippen molar-refractivity contribution in [2.24, 2.45) is 0 Å². The summed E-state index contributed by atoms with van der Waals surface area (Å²) < 4.78 is 2.84. The molecule has 0 bridgehead atoms. The third-order valence-electron chi connectivity index (χ3n) is 1.90. The molecule has 3 rings (SSSR count). The van der Waals surface area contributed by atoms with Gasteiger partial charge in [0, 0.05) is 0 Å². The highest BCUT2D eigenvalue weighted by atomic mass is 32.1. The highest BCUT2D eigenvalue weighted by Gasteiger charge is 2.04. The maximum atomic E-state index is 4.43. The van der Waals surface area contributed by atoms with Crippen molar-refractivity contribution in [1.29, 1.82) is 0 Å². The molecule has 0 N–H and O–H groups in total. The highest BCUT2D eigenvalue weighted by Crippen LogP contribution is 2.23. The predicted molar refractivity (Wildman–Crippen MR) is 54.5 cm³/mol. The van der Waals surface area contributed by atoms with E-state index in [0.29, 0.717) is 0 Å². The zero-order chi connectivity index (χ0) is 9.38. The van der Waals surface area contributed by atoms with Crippen LogP contribution in [0.2, 0.25) is 0 Å². The summed E-state index contributed by atoms with van der Waals surface area (Å²) in [6.07, 6.45) is 3.16. The molecule has 0 fully saturated rings. The minimum atomic E-state index is 0.851. The number of aromatic nitrogens is 4. The van der Waals surface area contributed by atoms with Crippen molar-refractivity contribution < 1.29 is 0 Å². The van der Waals surface area contributed by atoms with E-state index in [2.05, 4.69) is 15.1 Å². The molecule has 1 aromatic carbocycles. The molecule has 0 radical (unpaired) electrons. The Labute approximate surface area is 83.9 Å². The van der Waals surface area contributed by atoms with Crippen molar-refractivity contribution in [1.82, 2.24) is 19.7 Å². The van der Waals surface area contributed by atoms with E-state index in [1.165, 1.54) is 6.33 Å². The van der Waals surface area contributed by atoms with Gasteiger partial charge in [0.15, 0.2) is 0 Å². The van der Waals surface area contributed by atoms with Gasteiger partial charge in [-0.2, -0.15) is 9.78 Å². The molecule has 2 heterocycles. The van der Waals surface area contributed by atoms with Crippen molar-refractivity contribution in [3.05, 3.63) is 36.9 Å². The Balaban J connectivity index is 2.24. The quantitative estimate of drug-likeness (QED) is 0.605. The van der Waals surface area contributed by atoms with Gasteiger partial charge in [-0.25, -0.2) is 9.97 Å². The van der Waals surface area contributed by atoms with Crippen molar-refractivity contribution >= 4 is 21.6 Å². The molecule has 0 saturated heterocycles. The van der Waals surface area contributed by atoms with Gasteiger partial charge in [-0.15, -0.1) is 0 Å². The largest absolute Gasteiger partial charge is 0.223 e. The van der Waals surface area contributed by atoms with Crippen LogP contribution in [0.4, 0.5) is 0 Å². The van der Waals surface area contributed by atoms with Gasteiger partial charge in [-0.3, -0.25) is 0 Å². The van der Waals surface area contributed by atoms with Gasteiger partial charge in [-0.05, 0) is 12.1 Å². The summed E-state index contributed by atoms with van der Waals surface area (Å²) in [5.41, 5.74) is 1.00. The predicted octanol–water partition coefficient (Wildman–Crippen LogP) is 1.88. The first-order chi connectivity index (χ1) is 6.93. The minimum absolute atomic E-state index is 0.851. The molecular weight excluding hydrogens is 196 g/mol. The van der Waals surface area contributed by atoms with Crippen LogP contribution >= 0.6 is 11.3 Å². The van der Waals surface area contributed by atoms with Crippen molar-refractivity contribution in [2.45, 2.75) is 0 Å². The Kier molecular flexibility index (Phi) is 1.57. The topological polar surface area (TPSA) is 43.6 Å². The second-order valence-corrected chi connectivity index (χ2v) is 3.81. The van der Waals surface area contributed by atoms with Crippen molar-refractivity contribution in [3.8, 4) is 5.13 Å². The number of fused-ring (bicyclic) bond motifs is 1. The minimum Gasteiger partial charge on any atom is -0.223 e. The smallest absolute Gasteiger partial charge is 0.212 e. The SMILES string of the molecule is c1ccc2sc(-n3cncn3)nc2c1. The van der Waals surface area contributed by atoms with Crippen molar-refractivity contribution in [2.75, 3.05) is 0 Å². The Morgan fingerprint density at radius 1 is 1.21 bits per heavy atom. The molecule has 2 aromatic heterocycles. The zero-order valence-corrected chi connectivity index (χ0v) is 7.98. The van der Waals surface area contributed by atoms with E-state index in [9.17, 15) is 0 Å². The van der Waals surface area contributed by atoms with E-state index in [1.807, 2.05) is 24.3 Å². The molecule has 0 atom stereocenters. The molecule has 14 heavy (non-hydrogen) atoms. The van der Waals surface area contributed by atoms with Crippen LogP contribution in [0.5, 0.6) is 0 Å². The number of benzene rings is 1. The summed E-state index contributed by atoms with van der Waals surface area (Å²) in [4.78, 5) is 8.32. The van der Waals surface area contributed by atoms with Crippen LogP contribution in [0.15, 0.2) is 36.9 Å². The highest BCUT2D eigenvalue weighted by molar-refractivity contribution is 7.20. The second-order valence-electron chi connectivity index (χ2n) is 2.80. The number of hydrogen-bond donors (Lipinski definition) is 0. The monoisotopic (exact) mass is 202 g/mol. The van der Waals surface area contributed by atoms with Gasteiger partial charge in [0.1, 0.15) is 12.7 Å². The molecule has 0 amide bonds. The van der Waals surface area contributed by atoms with Crippen LogP contribution in [0.3, 0.4) is 0 Å². The normalized spacial score (nSPS) is 10.9. The molecule has 0 spiro atoms. The average Bonchev–Trinajstić information content (AvgIpc) is 2.86. The van der Waals surface area contributed by atoms with Crippen LogP contribution < -0.4 is 0 Å². The number of para-hydroxylation sites is 1. The maximum absolute atomic E-state index is 4.43. The zero-order valence-electron chi connectivity index (χ0n) is 7.16. The Hall–Kier alpha value is -1.75. The van der Waals surface area contributed by atoms with Crippen molar-refractivity contribution in [3.63, 3.8) is 0 Å². The van der Waals surface area contributed by atoms with Gasteiger partial charge in [0.2, 0.25) is 5.13 Å². The molecule has 0 aliphatic rings. The first-order valence-corrected chi connectivity index (χ1v) is 4.96.